The first-order chi connectivity index (χ1) is 9.49. The van der Waals surface area contributed by atoms with E-state index in [-0.39, 0.29) is 6.04 Å². The highest BCUT2D eigenvalue weighted by Crippen LogP contribution is 2.11. The number of pyridine rings is 1. The van der Waals surface area contributed by atoms with E-state index in [1.165, 1.54) is 12.3 Å². The average Bonchev–Trinajstić information content (AvgIpc) is 2.39. The van der Waals surface area contributed by atoms with Gasteiger partial charge >= 0.3 is 0 Å². The average molecular weight is 294 g/mol. The zero-order valence-corrected chi connectivity index (χ0v) is 11.8. The molecule has 1 atom stereocenters. The largest absolute Gasteiger partial charge is 0.261 e. The van der Waals surface area contributed by atoms with Crippen LogP contribution in [0.1, 0.15) is 12.5 Å². The maximum atomic E-state index is 13.5. The lowest BCUT2D eigenvalue weighted by atomic mass is 10.1. The van der Waals surface area contributed by atoms with Gasteiger partial charge in [-0.1, -0.05) is 30.3 Å². The summed E-state index contributed by atoms with van der Waals surface area (Å²) < 4.78 is 40.0. The van der Waals surface area contributed by atoms with Gasteiger partial charge in [0.25, 0.3) is 10.0 Å². The summed E-state index contributed by atoms with van der Waals surface area (Å²) in [5.74, 6) is -0.855. The standard InChI is InChI=1S/C14H15FN2O2S/c1-11(10-12-6-3-2-4-7-12)17-20(18,19)14-13(15)8-5-9-16-14/h2-9,11,17H,10H2,1H3. The van der Waals surface area contributed by atoms with Crippen LogP contribution in [-0.4, -0.2) is 19.4 Å². The van der Waals surface area contributed by atoms with Crippen molar-refractivity contribution in [3.63, 3.8) is 0 Å². The summed E-state index contributed by atoms with van der Waals surface area (Å²) in [6, 6.07) is 11.5. The highest BCUT2D eigenvalue weighted by molar-refractivity contribution is 7.89. The molecule has 20 heavy (non-hydrogen) atoms. The molecule has 0 saturated heterocycles. The molecule has 0 spiro atoms. The van der Waals surface area contributed by atoms with Crippen LogP contribution in [0.25, 0.3) is 0 Å². The molecule has 6 heteroatoms. The van der Waals surface area contributed by atoms with Gasteiger partial charge < -0.3 is 0 Å². The minimum Gasteiger partial charge on any atom is -0.241 e. The van der Waals surface area contributed by atoms with Crippen LogP contribution in [-0.2, 0) is 16.4 Å². The van der Waals surface area contributed by atoms with E-state index in [1.807, 2.05) is 30.3 Å². The van der Waals surface area contributed by atoms with Gasteiger partial charge in [0.05, 0.1) is 0 Å². The molecule has 1 N–H and O–H groups in total. The lowest BCUT2D eigenvalue weighted by Crippen LogP contribution is -2.35. The molecule has 0 radical (unpaired) electrons. The van der Waals surface area contributed by atoms with Crippen molar-refractivity contribution in [2.24, 2.45) is 0 Å². The lowest BCUT2D eigenvalue weighted by Gasteiger charge is -2.14. The van der Waals surface area contributed by atoms with E-state index in [0.29, 0.717) is 6.42 Å². The predicted octanol–water partition coefficient (Wildman–Crippen LogP) is 2.13. The third kappa shape index (κ3) is 3.61. The van der Waals surface area contributed by atoms with Crippen LogP contribution in [0.15, 0.2) is 53.7 Å². The zero-order chi connectivity index (χ0) is 14.6. The van der Waals surface area contributed by atoms with Crippen LogP contribution in [0.3, 0.4) is 0 Å². The van der Waals surface area contributed by atoms with Crippen molar-refractivity contribution in [1.29, 1.82) is 0 Å². The molecule has 1 heterocycles. The molecule has 1 aromatic carbocycles. The Morgan fingerprint density at radius 1 is 1.20 bits per heavy atom. The Hall–Kier alpha value is -1.79. The molecular formula is C14H15FN2O2S. The quantitative estimate of drug-likeness (QED) is 0.919. The van der Waals surface area contributed by atoms with E-state index in [4.69, 9.17) is 0 Å². The predicted molar refractivity (Wildman–Crippen MR) is 74.1 cm³/mol. The van der Waals surface area contributed by atoms with E-state index < -0.39 is 20.9 Å². The molecule has 0 aliphatic rings. The number of halogens is 1. The smallest absolute Gasteiger partial charge is 0.241 e. The third-order valence-corrected chi connectivity index (χ3v) is 4.24. The Bertz CT molecular complexity index is 675. The summed E-state index contributed by atoms with van der Waals surface area (Å²) in [6.07, 6.45) is 1.77. The minimum absolute atomic E-state index is 0.358. The number of nitrogens with zero attached hydrogens (tertiary/aromatic N) is 1. The van der Waals surface area contributed by atoms with Crippen molar-refractivity contribution in [2.75, 3.05) is 0 Å². The van der Waals surface area contributed by atoms with Crippen LogP contribution in [0, 0.1) is 5.82 Å². The van der Waals surface area contributed by atoms with Crippen LogP contribution in [0.2, 0.25) is 0 Å². The molecule has 0 aliphatic carbocycles. The number of aromatic nitrogens is 1. The molecule has 0 saturated carbocycles. The highest BCUT2D eigenvalue weighted by Gasteiger charge is 2.22. The Morgan fingerprint density at radius 3 is 2.55 bits per heavy atom. The summed E-state index contributed by atoms with van der Waals surface area (Å²) in [7, 11) is -3.95. The number of hydrogen-bond donors (Lipinski definition) is 1. The summed E-state index contributed by atoms with van der Waals surface area (Å²) in [5.41, 5.74) is 1.00. The summed E-state index contributed by atoms with van der Waals surface area (Å²) >= 11 is 0. The number of rotatable bonds is 5. The van der Waals surface area contributed by atoms with Crippen LogP contribution in [0.4, 0.5) is 4.39 Å². The Balaban J connectivity index is 2.11. The summed E-state index contributed by atoms with van der Waals surface area (Å²) in [6.45, 7) is 1.73. The minimum atomic E-state index is -3.95. The van der Waals surface area contributed by atoms with Crippen LogP contribution >= 0.6 is 0 Å². The topological polar surface area (TPSA) is 59.1 Å². The number of benzene rings is 1. The SMILES string of the molecule is CC(Cc1ccccc1)NS(=O)(=O)c1ncccc1F. The van der Waals surface area contributed by atoms with Gasteiger partial charge in [0.1, 0.15) is 0 Å². The van der Waals surface area contributed by atoms with Crippen molar-refractivity contribution in [2.45, 2.75) is 24.4 Å². The van der Waals surface area contributed by atoms with Gasteiger partial charge in [-0.15, -0.1) is 0 Å². The first-order valence-corrected chi connectivity index (χ1v) is 7.64. The second-order valence-corrected chi connectivity index (χ2v) is 6.13. The highest BCUT2D eigenvalue weighted by atomic mass is 32.2. The fourth-order valence-electron chi connectivity index (χ4n) is 1.90. The van der Waals surface area contributed by atoms with Gasteiger partial charge in [0.15, 0.2) is 5.82 Å². The monoisotopic (exact) mass is 294 g/mol. The van der Waals surface area contributed by atoms with Crippen molar-refractivity contribution in [1.82, 2.24) is 9.71 Å². The molecule has 1 aromatic heterocycles. The van der Waals surface area contributed by atoms with E-state index in [1.54, 1.807) is 6.92 Å². The first kappa shape index (κ1) is 14.6. The molecule has 106 valence electrons. The molecule has 1 unspecified atom stereocenters. The maximum Gasteiger partial charge on any atom is 0.261 e. The number of sulfonamides is 1. The van der Waals surface area contributed by atoms with Crippen molar-refractivity contribution in [3.05, 3.63) is 60.0 Å². The van der Waals surface area contributed by atoms with E-state index in [9.17, 15) is 12.8 Å². The fraction of sp³-hybridized carbons (Fsp3) is 0.214. The van der Waals surface area contributed by atoms with Gasteiger partial charge in [-0.2, -0.15) is 0 Å². The molecule has 0 aliphatic heterocycles. The van der Waals surface area contributed by atoms with Gasteiger partial charge in [-0.25, -0.2) is 22.5 Å². The second kappa shape index (κ2) is 6.11. The fourth-order valence-corrected chi connectivity index (χ4v) is 3.15. The molecular weight excluding hydrogens is 279 g/mol. The van der Waals surface area contributed by atoms with Gasteiger partial charge in [-0.3, -0.25) is 0 Å². The molecule has 2 rings (SSSR count). The number of nitrogens with one attached hydrogen (secondary N) is 1. The molecule has 2 aromatic rings. The van der Waals surface area contributed by atoms with Gasteiger partial charge in [0.2, 0.25) is 5.03 Å². The van der Waals surface area contributed by atoms with Crippen molar-refractivity contribution in [3.8, 4) is 0 Å². The summed E-state index contributed by atoms with van der Waals surface area (Å²) in [5, 5.41) is -0.570. The van der Waals surface area contributed by atoms with E-state index in [0.717, 1.165) is 11.6 Å². The summed E-state index contributed by atoms with van der Waals surface area (Å²) in [4.78, 5) is 3.58. The Kier molecular flexibility index (Phi) is 4.46. The first-order valence-electron chi connectivity index (χ1n) is 6.16. The van der Waals surface area contributed by atoms with E-state index in [2.05, 4.69) is 9.71 Å². The Morgan fingerprint density at radius 2 is 1.90 bits per heavy atom. The lowest BCUT2D eigenvalue weighted by molar-refractivity contribution is 0.532. The van der Waals surface area contributed by atoms with E-state index >= 15 is 0 Å². The maximum absolute atomic E-state index is 13.5. The van der Waals surface area contributed by atoms with Crippen molar-refractivity contribution >= 4 is 10.0 Å². The van der Waals surface area contributed by atoms with Crippen LogP contribution in [0.5, 0.6) is 0 Å². The number of hydrogen-bond acceptors (Lipinski definition) is 3. The van der Waals surface area contributed by atoms with Crippen LogP contribution < -0.4 is 4.72 Å². The zero-order valence-electron chi connectivity index (χ0n) is 11.0. The Labute approximate surface area is 117 Å². The normalized spacial score (nSPS) is 13.1. The third-order valence-electron chi connectivity index (χ3n) is 2.72. The van der Waals surface area contributed by atoms with Crippen molar-refractivity contribution < 1.29 is 12.8 Å². The van der Waals surface area contributed by atoms with Gasteiger partial charge in [-0.05, 0) is 31.0 Å². The van der Waals surface area contributed by atoms with Gasteiger partial charge in [0, 0.05) is 12.2 Å². The molecule has 0 bridgehead atoms. The molecule has 0 fully saturated rings. The molecule has 4 nitrogen and oxygen atoms in total. The molecule has 0 amide bonds. The second-order valence-electron chi connectivity index (χ2n) is 4.50.